The van der Waals surface area contributed by atoms with Gasteiger partial charge in [-0.2, -0.15) is 0 Å². The van der Waals surface area contributed by atoms with Crippen molar-refractivity contribution in [3.63, 3.8) is 0 Å². The largest absolute Gasteiger partial charge is 0.338 e. The number of hydrogen-bond acceptors (Lipinski definition) is 2. The number of anilines is 1. The van der Waals surface area contributed by atoms with Gasteiger partial charge in [-0.25, -0.2) is 0 Å². The van der Waals surface area contributed by atoms with Gasteiger partial charge in [-0.3, -0.25) is 9.59 Å². The van der Waals surface area contributed by atoms with Crippen molar-refractivity contribution in [3.8, 4) is 11.1 Å². The molecule has 4 nitrogen and oxygen atoms in total. The number of hydrogen-bond donors (Lipinski definition) is 1. The van der Waals surface area contributed by atoms with Gasteiger partial charge in [0.1, 0.15) is 0 Å². The molecular weight excluding hydrogens is 372 g/mol. The SMILES string of the molecule is O=C(Cc1ccc(-c2ccccc2)cc1)Nc1cccc(CN2CCCCC2=O)c1. The standard InChI is InChI=1S/C26H26N2O2/c29-25(18-20-12-14-23(15-13-20)22-8-2-1-3-9-22)27-24-10-6-7-21(17-24)19-28-16-5-4-11-26(28)30/h1-3,6-10,12-15,17H,4-5,11,16,18-19H2,(H,27,29). The zero-order valence-electron chi connectivity index (χ0n) is 17.0. The van der Waals surface area contributed by atoms with Gasteiger partial charge in [-0.1, -0.05) is 66.7 Å². The minimum atomic E-state index is -0.0475. The molecule has 3 aromatic rings. The van der Waals surface area contributed by atoms with Crippen molar-refractivity contribution in [1.82, 2.24) is 4.90 Å². The fraction of sp³-hybridized carbons (Fsp3) is 0.231. The van der Waals surface area contributed by atoms with E-state index in [1.165, 1.54) is 0 Å². The lowest BCUT2D eigenvalue weighted by atomic mass is 10.0. The first kappa shape index (κ1) is 19.9. The average Bonchev–Trinajstić information content (AvgIpc) is 2.77. The van der Waals surface area contributed by atoms with Crippen molar-refractivity contribution in [2.24, 2.45) is 0 Å². The maximum absolute atomic E-state index is 12.5. The summed E-state index contributed by atoms with van der Waals surface area (Å²) >= 11 is 0. The molecule has 1 aliphatic heterocycles. The maximum Gasteiger partial charge on any atom is 0.228 e. The summed E-state index contributed by atoms with van der Waals surface area (Å²) in [6, 6.07) is 26.1. The molecule has 0 aliphatic carbocycles. The van der Waals surface area contributed by atoms with Crippen LogP contribution in [0.3, 0.4) is 0 Å². The van der Waals surface area contributed by atoms with E-state index in [4.69, 9.17) is 0 Å². The van der Waals surface area contributed by atoms with Crippen LogP contribution < -0.4 is 5.32 Å². The average molecular weight is 399 g/mol. The molecule has 0 radical (unpaired) electrons. The van der Waals surface area contributed by atoms with E-state index >= 15 is 0 Å². The molecule has 152 valence electrons. The van der Waals surface area contributed by atoms with Gasteiger partial charge in [0, 0.05) is 25.2 Å². The zero-order chi connectivity index (χ0) is 20.8. The first-order chi connectivity index (χ1) is 14.7. The van der Waals surface area contributed by atoms with Crippen molar-refractivity contribution in [1.29, 1.82) is 0 Å². The Morgan fingerprint density at radius 1 is 0.833 bits per heavy atom. The smallest absolute Gasteiger partial charge is 0.228 e. The van der Waals surface area contributed by atoms with Gasteiger partial charge in [0.15, 0.2) is 0 Å². The van der Waals surface area contributed by atoms with Crippen LogP contribution in [0.5, 0.6) is 0 Å². The fourth-order valence-electron chi connectivity index (χ4n) is 3.83. The molecule has 1 saturated heterocycles. The van der Waals surface area contributed by atoms with E-state index in [0.717, 1.165) is 47.3 Å². The van der Waals surface area contributed by atoms with E-state index in [-0.39, 0.29) is 11.8 Å². The topological polar surface area (TPSA) is 49.4 Å². The van der Waals surface area contributed by atoms with E-state index in [9.17, 15) is 9.59 Å². The summed E-state index contributed by atoms with van der Waals surface area (Å²) < 4.78 is 0. The monoisotopic (exact) mass is 398 g/mol. The quantitative estimate of drug-likeness (QED) is 0.632. The number of piperidine rings is 1. The summed E-state index contributed by atoms with van der Waals surface area (Å²) in [7, 11) is 0. The Bertz CT molecular complexity index is 1010. The molecule has 0 saturated carbocycles. The molecule has 0 unspecified atom stereocenters. The van der Waals surface area contributed by atoms with E-state index in [1.54, 1.807) is 0 Å². The molecule has 1 heterocycles. The number of likely N-dealkylation sites (tertiary alicyclic amines) is 1. The van der Waals surface area contributed by atoms with Crippen molar-refractivity contribution in [2.45, 2.75) is 32.2 Å². The first-order valence-electron chi connectivity index (χ1n) is 10.5. The Morgan fingerprint density at radius 3 is 2.37 bits per heavy atom. The van der Waals surface area contributed by atoms with Crippen LogP contribution >= 0.6 is 0 Å². The molecule has 1 N–H and O–H groups in total. The fourth-order valence-corrected chi connectivity index (χ4v) is 3.83. The highest BCUT2D eigenvalue weighted by Gasteiger charge is 2.18. The second-order valence-corrected chi connectivity index (χ2v) is 7.76. The summed E-state index contributed by atoms with van der Waals surface area (Å²) in [4.78, 5) is 26.5. The molecular formula is C26H26N2O2. The molecule has 30 heavy (non-hydrogen) atoms. The lowest BCUT2D eigenvalue weighted by molar-refractivity contribution is -0.133. The van der Waals surface area contributed by atoms with Crippen LogP contribution in [-0.2, 0) is 22.6 Å². The number of carbonyl (C=O) groups excluding carboxylic acids is 2. The number of nitrogens with one attached hydrogen (secondary N) is 1. The van der Waals surface area contributed by atoms with Crippen LogP contribution in [0.15, 0.2) is 78.9 Å². The van der Waals surface area contributed by atoms with Gasteiger partial charge in [0.2, 0.25) is 11.8 Å². The van der Waals surface area contributed by atoms with Crippen molar-refractivity contribution < 1.29 is 9.59 Å². The van der Waals surface area contributed by atoms with E-state index in [2.05, 4.69) is 17.4 Å². The summed E-state index contributed by atoms with van der Waals surface area (Å²) in [5.41, 5.74) is 5.08. The molecule has 2 amide bonds. The molecule has 4 rings (SSSR count). The second-order valence-electron chi connectivity index (χ2n) is 7.76. The van der Waals surface area contributed by atoms with Crippen LogP contribution in [0.25, 0.3) is 11.1 Å². The summed E-state index contributed by atoms with van der Waals surface area (Å²) in [5, 5.41) is 2.98. The summed E-state index contributed by atoms with van der Waals surface area (Å²) in [5.74, 6) is 0.170. The molecule has 0 aromatic heterocycles. The van der Waals surface area contributed by atoms with Crippen molar-refractivity contribution in [2.75, 3.05) is 11.9 Å². The number of nitrogens with zero attached hydrogens (tertiary/aromatic N) is 1. The van der Waals surface area contributed by atoms with Crippen LogP contribution in [0.2, 0.25) is 0 Å². The van der Waals surface area contributed by atoms with E-state index < -0.39 is 0 Å². The molecule has 4 heteroatoms. The number of benzene rings is 3. The van der Waals surface area contributed by atoms with Crippen LogP contribution in [-0.4, -0.2) is 23.3 Å². The molecule has 0 atom stereocenters. The number of amides is 2. The molecule has 3 aromatic carbocycles. The van der Waals surface area contributed by atoms with Gasteiger partial charge in [0.05, 0.1) is 6.42 Å². The maximum atomic E-state index is 12.5. The highest BCUT2D eigenvalue weighted by Crippen LogP contribution is 2.20. The van der Waals surface area contributed by atoms with E-state index in [1.807, 2.05) is 71.6 Å². The van der Waals surface area contributed by atoms with E-state index in [0.29, 0.717) is 19.4 Å². The van der Waals surface area contributed by atoms with Gasteiger partial charge < -0.3 is 10.2 Å². The molecule has 1 aliphatic rings. The Balaban J connectivity index is 1.35. The highest BCUT2D eigenvalue weighted by molar-refractivity contribution is 5.92. The van der Waals surface area contributed by atoms with Crippen LogP contribution in [0.1, 0.15) is 30.4 Å². The second kappa shape index (κ2) is 9.40. The zero-order valence-corrected chi connectivity index (χ0v) is 17.0. The van der Waals surface area contributed by atoms with Crippen molar-refractivity contribution in [3.05, 3.63) is 90.0 Å². The Morgan fingerprint density at radius 2 is 1.60 bits per heavy atom. The third-order valence-electron chi connectivity index (χ3n) is 5.43. The molecule has 0 bridgehead atoms. The van der Waals surface area contributed by atoms with Gasteiger partial charge in [-0.15, -0.1) is 0 Å². The normalized spacial score (nSPS) is 13.9. The van der Waals surface area contributed by atoms with Crippen molar-refractivity contribution >= 4 is 17.5 Å². The van der Waals surface area contributed by atoms with Gasteiger partial charge >= 0.3 is 0 Å². The molecule has 0 spiro atoms. The highest BCUT2D eigenvalue weighted by atomic mass is 16.2. The van der Waals surface area contributed by atoms with Gasteiger partial charge in [-0.05, 0) is 47.2 Å². The predicted octanol–water partition coefficient (Wildman–Crippen LogP) is 5.05. The lowest BCUT2D eigenvalue weighted by Crippen LogP contribution is -2.34. The predicted molar refractivity (Wildman–Crippen MR) is 120 cm³/mol. The summed E-state index contributed by atoms with van der Waals surface area (Å²) in [6.07, 6.45) is 3.01. The Labute approximate surface area is 177 Å². The minimum Gasteiger partial charge on any atom is -0.338 e. The van der Waals surface area contributed by atoms with Crippen LogP contribution in [0, 0.1) is 0 Å². The minimum absolute atomic E-state index is 0.0475. The van der Waals surface area contributed by atoms with Crippen LogP contribution in [0.4, 0.5) is 5.69 Å². The lowest BCUT2D eigenvalue weighted by Gasteiger charge is -2.26. The Hall–Kier alpha value is -3.40. The molecule has 1 fully saturated rings. The first-order valence-corrected chi connectivity index (χ1v) is 10.5. The van der Waals surface area contributed by atoms with Gasteiger partial charge in [0.25, 0.3) is 0 Å². The number of rotatable bonds is 6. The number of carbonyl (C=O) groups is 2. The Kier molecular flexibility index (Phi) is 6.23. The summed E-state index contributed by atoms with van der Waals surface area (Å²) in [6.45, 7) is 1.41. The third kappa shape index (κ3) is 5.15. The third-order valence-corrected chi connectivity index (χ3v) is 5.43.